The quantitative estimate of drug-likeness (QED) is 0.618. The maximum absolute atomic E-state index is 13.4. The third kappa shape index (κ3) is 3.15. The molecule has 1 amide bonds. The van der Waals surface area contributed by atoms with Crippen molar-refractivity contribution in [3.8, 4) is 5.75 Å². The molecule has 0 aliphatic carbocycles. The van der Waals surface area contributed by atoms with E-state index in [0.29, 0.717) is 21.3 Å². The monoisotopic (exact) mass is 421 g/mol. The number of aromatic nitrogens is 2. The highest BCUT2D eigenvalue weighted by atomic mass is 32.1. The Morgan fingerprint density at radius 2 is 1.90 bits per heavy atom. The van der Waals surface area contributed by atoms with E-state index in [9.17, 15) is 19.8 Å². The molecule has 0 saturated heterocycles. The first kappa shape index (κ1) is 19.8. The first-order chi connectivity index (χ1) is 14.3. The van der Waals surface area contributed by atoms with Gasteiger partial charge >= 0.3 is 0 Å². The van der Waals surface area contributed by atoms with Crippen molar-refractivity contribution in [3.63, 3.8) is 0 Å². The van der Waals surface area contributed by atoms with E-state index >= 15 is 0 Å². The molecule has 2 aromatic heterocycles. The molecule has 7 nitrogen and oxygen atoms in total. The van der Waals surface area contributed by atoms with Crippen LogP contribution in [-0.4, -0.2) is 31.9 Å². The fourth-order valence-corrected chi connectivity index (χ4v) is 4.47. The molecule has 8 heteroatoms. The van der Waals surface area contributed by atoms with Gasteiger partial charge < -0.3 is 10.2 Å². The molecule has 0 spiro atoms. The number of ketones is 1. The standard InChI is InChI=1S/C22H19N3O4S/c1-11-7-8-16(26)15(10-11)25-18(14-6-4-5-9-23-14)17(20(28)22(25)29)19(27)21-12(2)24-13(3)30-21/h4-10,18,26,28H,1-3H3. The largest absolute Gasteiger partial charge is 0.506 e. The molecular formula is C22H19N3O4S. The zero-order valence-electron chi connectivity index (χ0n) is 16.6. The van der Waals surface area contributed by atoms with Crippen LogP contribution in [0.4, 0.5) is 5.69 Å². The molecule has 1 unspecified atom stereocenters. The summed E-state index contributed by atoms with van der Waals surface area (Å²) in [5.41, 5.74) is 1.86. The van der Waals surface area contributed by atoms with Crippen LogP contribution in [0.5, 0.6) is 5.75 Å². The number of benzene rings is 1. The average Bonchev–Trinajstić information content (AvgIpc) is 3.20. The van der Waals surface area contributed by atoms with Crippen LogP contribution in [-0.2, 0) is 4.79 Å². The lowest BCUT2D eigenvalue weighted by Gasteiger charge is -2.26. The molecule has 1 aromatic carbocycles. The fourth-order valence-electron chi connectivity index (χ4n) is 3.59. The number of aliphatic hydroxyl groups excluding tert-OH is 1. The van der Waals surface area contributed by atoms with Crippen molar-refractivity contribution in [3.05, 3.63) is 80.8 Å². The Balaban J connectivity index is 1.92. The van der Waals surface area contributed by atoms with Gasteiger partial charge in [0.2, 0.25) is 5.78 Å². The SMILES string of the molecule is Cc1ccc(O)c(N2C(=O)C(O)=C(C(=O)c3sc(C)nc3C)C2c2ccccn2)c1. The number of hydrogen-bond donors (Lipinski definition) is 2. The van der Waals surface area contributed by atoms with Crippen LogP contribution in [0.15, 0.2) is 53.9 Å². The van der Waals surface area contributed by atoms with E-state index in [0.717, 1.165) is 5.56 Å². The molecule has 0 fully saturated rings. The Morgan fingerprint density at radius 1 is 1.13 bits per heavy atom. The van der Waals surface area contributed by atoms with Gasteiger partial charge in [0.15, 0.2) is 5.76 Å². The number of anilines is 1. The molecule has 4 rings (SSSR count). The number of amides is 1. The summed E-state index contributed by atoms with van der Waals surface area (Å²) in [4.78, 5) is 36.7. The first-order valence-corrected chi connectivity index (χ1v) is 10.1. The second kappa shape index (κ2) is 7.38. The van der Waals surface area contributed by atoms with E-state index in [1.54, 1.807) is 50.4 Å². The third-order valence-corrected chi connectivity index (χ3v) is 5.99. The number of aliphatic hydroxyl groups is 1. The van der Waals surface area contributed by atoms with E-state index in [-0.39, 0.29) is 17.0 Å². The Morgan fingerprint density at radius 3 is 2.53 bits per heavy atom. The summed E-state index contributed by atoms with van der Waals surface area (Å²) in [6, 6.07) is 8.96. The summed E-state index contributed by atoms with van der Waals surface area (Å²) in [6.07, 6.45) is 1.55. The molecular weight excluding hydrogens is 402 g/mol. The van der Waals surface area contributed by atoms with Crippen molar-refractivity contribution in [2.24, 2.45) is 0 Å². The van der Waals surface area contributed by atoms with E-state index in [1.807, 2.05) is 6.92 Å². The zero-order valence-corrected chi connectivity index (χ0v) is 17.4. The lowest BCUT2D eigenvalue weighted by atomic mass is 9.98. The zero-order chi connectivity index (χ0) is 21.6. The second-order valence-electron chi connectivity index (χ2n) is 7.06. The number of carbonyl (C=O) groups is 2. The number of carbonyl (C=O) groups excluding carboxylic acids is 2. The number of Topliss-reactive ketones (excluding diaryl/α,β-unsaturated/α-hetero) is 1. The number of nitrogens with zero attached hydrogens (tertiary/aromatic N) is 3. The van der Waals surface area contributed by atoms with Crippen molar-refractivity contribution < 1.29 is 19.8 Å². The highest BCUT2D eigenvalue weighted by molar-refractivity contribution is 7.14. The Bertz CT molecular complexity index is 1200. The van der Waals surface area contributed by atoms with Gasteiger partial charge in [-0.3, -0.25) is 19.5 Å². The summed E-state index contributed by atoms with van der Waals surface area (Å²) in [5.74, 6) is -2.04. The minimum atomic E-state index is -0.985. The number of phenols is 1. The molecule has 1 aliphatic heterocycles. The predicted molar refractivity (Wildman–Crippen MR) is 113 cm³/mol. The molecule has 0 radical (unpaired) electrons. The van der Waals surface area contributed by atoms with Gasteiger partial charge in [0.1, 0.15) is 11.8 Å². The molecule has 3 heterocycles. The fraction of sp³-hybridized carbons (Fsp3) is 0.182. The summed E-state index contributed by atoms with van der Waals surface area (Å²) in [5, 5.41) is 21.9. The van der Waals surface area contributed by atoms with Gasteiger partial charge in [0.05, 0.1) is 32.5 Å². The highest BCUT2D eigenvalue weighted by Crippen LogP contribution is 2.44. The topological polar surface area (TPSA) is 104 Å². The predicted octanol–water partition coefficient (Wildman–Crippen LogP) is 3.95. The van der Waals surface area contributed by atoms with Gasteiger partial charge in [-0.1, -0.05) is 12.1 Å². The van der Waals surface area contributed by atoms with Gasteiger partial charge in [0, 0.05) is 6.20 Å². The van der Waals surface area contributed by atoms with Crippen molar-refractivity contribution >= 4 is 28.7 Å². The minimum absolute atomic E-state index is 0.0774. The van der Waals surface area contributed by atoms with Gasteiger partial charge in [-0.2, -0.15) is 0 Å². The van der Waals surface area contributed by atoms with Crippen molar-refractivity contribution in [2.45, 2.75) is 26.8 Å². The number of phenolic OH excluding ortho intramolecular Hbond substituents is 1. The lowest BCUT2D eigenvalue weighted by Crippen LogP contribution is -2.31. The Labute approximate surface area is 177 Å². The molecule has 30 heavy (non-hydrogen) atoms. The maximum atomic E-state index is 13.4. The lowest BCUT2D eigenvalue weighted by molar-refractivity contribution is -0.117. The second-order valence-corrected chi connectivity index (χ2v) is 8.27. The van der Waals surface area contributed by atoms with E-state index < -0.39 is 23.5 Å². The van der Waals surface area contributed by atoms with Crippen LogP contribution in [0.25, 0.3) is 0 Å². The van der Waals surface area contributed by atoms with E-state index in [4.69, 9.17) is 0 Å². The Hall–Kier alpha value is -3.52. The highest BCUT2D eigenvalue weighted by Gasteiger charge is 2.46. The van der Waals surface area contributed by atoms with Crippen LogP contribution >= 0.6 is 11.3 Å². The molecule has 1 aliphatic rings. The van der Waals surface area contributed by atoms with Crippen molar-refractivity contribution in [1.82, 2.24) is 9.97 Å². The number of rotatable bonds is 4. The first-order valence-electron chi connectivity index (χ1n) is 9.25. The molecule has 152 valence electrons. The van der Waals surface area contributed by atoms with Crippen LogP contribution in [0.1, 0.15) is 37.7 Å². The van der Waals surface area contributed by atoms with Crippen molar-refractivity contribution in [1.29, 1.82) is 0 Å². The van der Waals surface area contributed by atoms with Crippen molar-refractivity contribution in [2.75, 3.05) is 4.90 Å². The van der Waals surface area contributed by atoms with Gasteiger partial charge in [-0.25, -0.2) is 4.98 Å². The summed E-state index contributed by atoms with van der Waals surface area (Å²) in [6.45, 7) is 5.32. The maximum Gasteiger partial charge on any atom is 0.294 e. The van der Waals surface area contributed by atoms with Gasteiger partial charge in [-0.05, 0) is 50.6 Å². The van der Waals surface area contributed by atoms with Crippen LogP contribution in [0, 0.1) is 20.8 Å². The number of aryl methyl sites for hydroxylation is 3. The Kier molecular flexibility index (Phi) is 4.87. The third-order valence-electron chi connectivity index (χ3n) is 4.92. The smallest absolute Gasteiger partial charge is 0.294 e. The molecule has 1 atom stereocenters. The van der Waals surface area contributed by atoms with Gasteiger partial charge in [0.25, 0.3) is 5.91 Å². The van der Waals surface area contributed by atoms with Crippen LogP contribution < -0.4 is 4.90 Å². The summed E-state index contributed by atoms with van der Waals surface area (Å²) in [7, 11) is 0. The summed E-state index contributed by atoms with van der Waals surface area (Å²) >= 11 is 1.21. The number of thiazole rings is 1. The van der Waals surface area contributed by atoms with E-state index in [2.05, 4.69) is 9.97 Å². The minimum Gasteiger partial charge on any atom is -0.506 e. The molecule has 2 N–H and O–H groups in total. The molecule has 0 bridgehead atoms. The van der Waals surface area contributed by atoms with E-state index in [1.165, 1.54) is 22.3 Å². The normalized spacial score (nSPS) is 16.4. The molecule has 3 aromatic rings. The van der Waals surface area contributed by atoms with Crippen LogP contribution in [0.3, 0.4) is 0 Å². The average molecular weight is 421 g/mol. The van der Waals surface area contributed by atoms with Gasteiger partial charge in [-0.15, -0.1) is 11.3 Å². The summed E-state index contributed by atoms with van der Waals surface area (Å²) < 4.78 is 0. The number of hydrogen-bond acceptors (Lipinski definition) is 7. The number of pyridine rings is 1. The number of aromatic hydroxyl groups is 1. The molecule has 0 saturated carbocycles. The van der Waals surface area contributed by atoms with Crippen LogP contribution in [0.2, 0.25) is 0 Å².